The molecule has 4 rings (SSSR count). The van der Waals surface area contributed by atoms with Crippen LogP contribution in [0.15, 0.2) is 48.5 Å². The van der Waals surface area contributed by atoms with Gasteiger partial charge in [0.15, 0.2) is 14.1 Å². The van der Waals surface area contributed by atoms with E-state index in [0.717, 1.165) is 25.2 Å². The summed E-state index contributed by atoms with van der Waals surface area (Å²) >= 11 is 0. The van der Waals surface area contributed by atoms with Crippen molar-refractivity contribution >= 4 is 25.9 Å². The van der Waals surface area contributed by atoms with E-state index in [1.807, 2.05) is 25.8 Å². The summed E-state index contributed by atoms with van der Waals surface area (Å²) in [7, 11) is -0.125. The van der Waals surface area contributed by atoms with Gasteiger partial charge in [0, 0.05) is 49.1 Å². The summed E-state index contributed by atoms with van der Waals surface area (Å²) in [5.74, 6) is 1.62. The van der Waals surface area contributed by atoms with E-state index in [9.17, 15) is 9.59 Å². The molecule has 0 bridgehead atoms. The Morgan fingerprint density at radius 2 is 1.66 bits per heavy atom. The van der Waals surface area contributed by atoms with Gasteiger partial charge >= 0.3 is 0 Å². The summed E-state index contributed by atoms with van der Waals surface area (Å²) in [5.41, 5.74) is 1.91. The fourth-order valence-electron chi connectivity index (χ4n) is 3.95. The van der Waals surface area contributed by atoms with Crippen molar-refractivity contribution in [2.24, 2.45) is 7.05 Å². The van der Waals surface area contributed by atoms with Crippen LogP contribution in [-0.4, -0.2) is 60.6 Å². The molecule has 1 aliphatic rings. The predicted molar refractivity (Wildman–Crippen MR) is 163 cm³/mol. The lowest BCUT2D eigenvalue weighted by molar-refractivity contribution is 0.0651. The number of likely N-dealkylation sites (tertiary alicyclic amines) is 1. The third-order valence-electron chi connectivity index (χ3n) is 7.80. The smallest absolute Gasteiger partial charge is 0.257 e. The van der Waals surface area contributed by atoms with Gasteiger partial charge < -0.3 is 24.1 Å². The molecule has 1 aromatic heterocycles. The number of carbonyl (C=O) groups excluding carboxylic acids is 2. The first-order valence-electron chi connectivity index (χ1n) is 14.1. The normalized spacial score (nSPS) is 14.3. The Balaban J connectivity index is 1.53. The van der Waals surface area contributed by atoms with E-state index in [1.165, 1.54) is 0 Å². The highest BCUT2D eigenvalue weighted by Gasteiger charge is 2.37. The van der Waals surface area contributed by atoms with Crippen LogP contribution >= 0.6 is 0 Å². The van der Waals surface area contributed by atoms with Gasteiger partial charge in [0.1, 0.15) is 23.4 Å². The minimum Gasteiger partial charge on any atom is -0.488 e. The molecule has 10 heteroatoms. The SMILES string of the molecule is Cc1cc(NC(=O)c2cc(Oc3ccc(C(=O)N4CCC4)cc3)cc(O[C@@H](C)CO[Si](C)(C)C(C)(C)C)c2)nn1C. The molecule has 0 unspecified atom stereocenters. The molecule has 1 saturated heterocycles. The number of nitrogens with zero attached hydrogens (tertiary/aromatic N) is 3. The van der Waals surface area contributed by atoms with Crippen LogP contribution in [0.25, 0.3) is 0 Å². The summed E-state index contributed by atoms with van der Waals surface area (Å²) in [4.78, 5) is 27.6. The first kappa shape index (κ1) is 30.3. The van der Waals surface area contributed by atoms with Crippen LogP contribution in [0.5, 0.6) is 17.2 Å². The topological polar surface area (TPSA) is 94.9 Å². The molecule has 41 heavy (non-hydrogen) atoms. The molecular weight excluding hydrogens is 536 g/mol. The van der Waals surface area contributed by atoms with Crippen molar-refractivity contribution in [1.29, 1.82) is 0 Å². The van der Waals surface area contributed by atoms with Gasteiger partial charge in [-0.2, -0.15) is 5.10 Å². The summed E-state index contributed by atoms with van der Waals surface area (Å²) in [6.07, 6.45) is 0.794. The lowest BCUT2D eigenvalue weighted by atomic mass is 10.1. The Bertz CT molecular complexity index is 1370. The van der Waals surface area contributed by atoms with E-state index in [1.54, 1.807) is 53.2 Å². The van der Waals surface area contributed by atoms with Gasteiger partial charge in [-0.1, -0.05) is 20.8 Å². The maximum Gasteiger partial charge on any atom is 0.257 e. The minimum absolute atomic E-state index is 0.0239. The molecule has 1 aliphatic heterocycles. The van der Waals surface area contributed by atoms with Gasteiger partial charge in [-0.25, -0.2) is 0 Å². The van der Waals surface area contributed by atoms with Crippen LogP contribution in [0.4, 0.5) is 5.82 Å². The standard InChI is InChI=1S/C31H42N4O5Si/c1-21-16-28(33-34(21)6)32-29(36)24-17-26(39-22(2)20-38-41(7,8)31(3,4)5)19-27(18-24)40-25-12-10-23(11-13-25)30(37)35-14-9-15-35/h10-13,16-19,22H,9,14-15,20H2,1-8H3,(H,32,33,36)/t22-/m0/s1. The van der Waals surface area contributed by atoms with Crippen molar-refractivity contribution < 1.29 is 23.5 Å². The molecule has 0 saturated carbocycles. The van der Waals surface area contributed by atoms with Crippen LogP contribution < -0.4 is 14.8 Å². The number of hydrogen-bond donors (Lipinski definition) is 1. The average molecular weight is 579 g/mol. The largest absolute Gasteiger partial charge is 0.488 e. The second-order valence-electron chi connectivity index (χ2n) is 12.2. The van der Waals surface area contributed by atoms with Gasteiger partial charge in [-0.15, -0.1) is 0 Å². The van der Waals surface area contributed by atoms with E-state index < -0.39 is 8.32 Å². The number of amides is 2. The van der Waals surface area contributed by atoms with Crippen LogP contribution in [0, 0.1) is 6.92 Å². The predicted octanol–water partition coefficient (Wildman–Crippen LogP) is 6.41. The highest BCUT2D eigenvalue weighted by atomic mass is 28.4. The van der Waals surface area contributed by atoms with Crippen molar-refractivity contribution in [3.05, 3.63) is 65.4 Å². The Labute approximate surface area is 243 Å². The lowest BCUT2D eigenvalue weighted by Crippen LogP contribution is -2.43. The maximum atomic E-state index is 13.2. The molecule has 1 N–H and O–H groups in total. The van der Waals surface area contributed by atoms with E-state index in [2.05, 4.69) is 44.3 Å². The quantitative estimate of drug-likeness (QED) is 0.280. The van der Waals surface area contributed by atoms with Crippen LogP contribution in [0.1, 0.15) is 60.5 Å². The molecule has 1 atom stereocenters. The highest BCUT2D eigenvalue weighted by Crippen LogP contribution is 2.37. The summed E-state index contributed by atoms with van der Waals surface area (Å²) in [6.45, 7) is 16.9. The number of benzene rings is 2. The number of nitrogens with one attached hydrogen (secondary N) is 1. The van der Waals surface area contributed by atoms with Gasteiger partial charge in [0.05, 0.1) is 6.61 Å². The van der Waals surface area contributed by atoms with Crippen molar-refractivity contribution in [3.8, 4) is 17.2 Å². The number of aryl methyl sites for hydroxylation is 2. The van der Waals surface area contributed by atoms with Gasteiger partial charge in [0.2, 0.25) is 0 Å². The van der Waals surface area contributed by atoms with E-state index in [0.29, 0.717) is 40.8 Å². The fraction of sp³-hybridized carbons (Fsp3) is 0.452. The summed E-state index contributed by atoms with van der Waals surface area (Å²) in [6, 6.07) is 13.9. The highest BCUT2D eigenvalue weighted by molar-refractivity contribution is 6.74. The molecule has 1 fully saturated rings. The molecule has 0 spiro atoms. The van der Waals surface area contributed by atoms with Crippen LogP contribution in [0.2, 0.25) is 18.1 Å². The second kappa shape index (κ2) is 12.1. The fourth-order valence-corrected chi connectivity index (χ4v) is 5.04. The van der Waals surface area contributed by atoms with Crippen molar-refractivity contribution in [2.75, 3.05) is 25.0 Å². The molecular formula is C31H42N4O5Si. The van der Waals surface area contributed by atoms with E-state index >= 15 is 0 Å². The van der Waals surface area contributed by atoms with E-state index in [-0.39, 0.29) is 23.0 Å². The Kier molecular flexibility index (Phi) is 8.94. The van der Waals surface area contributed by atoms with Crippen LogP contribution in [0.3, 0.4) is 0 Å². The molecule has 9 nitrogen and oxygen atoms in total. The maximum absolute atomic E-state index is 13.2. The summed E-state index contributed by atoms with van der Waals surface area (Å²) < 4.78 is 20.4. The third-order valence-corrected chi connectivity index (χ3v) is 12.3. The number of aromatic nitrogens is 2. The summed E-state index contributed by atoms with van der Waals surface area (Å²) in [5, 5.41) is 7.27. The average Bonchev–Trinajstić information content (AvgIpc) is 3.17. The zero-order valence-electron chi connectivity index (χ0n) is 25.4. The number of carbonyl (C=O) groups is 2. The molecule has 220 valence electrons. The number of ether oxygens (including phenoxy) is 2. The zero-order valence-corrected chi connectivity index (χ0v) is 26.4. The van der Waals surface area contributed by atoms with Gasteiger partial charge in [-0.3, -0.25) is 14.3 Å². The zero-order chi connectivity index (χ0) is 29.9. The first-order chi connectivity index (χ1) is 19.2. The second-order valence-corrected chi connectivity index (χ2v) is 17.0. The number of rotatable bonds is 10. The monoisotopic (exact) mass is 578 g/mol. The molecule has 0 aliphatic carbocycles. The minimum atomic E-state index is -1.95. The van der Waals surface area contributed by atoms with Crippen molar-refractivity contribution in [3.63, 3.8) is 0 Å². The van der Waals surface area contributed by atoms with Crippen LogP contribution in [-0.2, 0) is 11.5 Å². The molecule has 0 radical (unpaired) electrons. The number of hydrogen-bond acceptors (Lipinski definition) is 6. The van der Waals surface area contributed by atoms with Crippen molar-refractivity contribution in [1.82, 2.24) is 14.7 Å². The molecule has 2 amide bonds. The van der Waals surface area contributed by atoms with Gasteiger partial charge in [-0.05, 0) is 74.8 Å². The number of anilines is 1. The first-order valence-corrected chi connectivity index (χ1v) is 17.0. The lowest BCUT2D eigenvalue weighted by Gasteiger charge is -2.36. The van der Waals surface area contributed by atoms with Crippen molar-refractivity contribution in [2.45, 2.75) is 65.3 Å². The van der Waals surface area contributed by atoms with E-state index in [4.69, 9.17) is 13.9 Å². The third kappa shape index (κ3) is 7.56. The molecule has 2 heterocycles. The van der Waals surface area contributed by atoms with Gasteiger partial charge in [0.25, 0.3) is 11.8 Å². The Hall–Kier alpha value is -3.63. The molecule has 3 aromatic rings. The molecule has 2 aromatic carbocycles. The Morgan fingerprint density at radius 1 is 1.00 bits per heavy atom. The Morgan fingerprint density at radius 3 is 2.22 bits per heavy atom.